The summed E-state index contributed by atoms with van der Waals surface area (Å²) in [5.74, 6) is 0. The maximum absolute atomic E-state index is 8.50. The Balaban J connectivity index is 4.30. The van der Waals surface area contributed by atoms with Crippen LogP contribution in [0.5, 0.6) is 0 Å². The van der Waals surface area contributed by atoms with Crippen LogP contribution in [0.3, 0.4) is 0 Å². The Hall–Kier alpha value is -1.63. The van der Waals surface area contributed by atoms with E-state index < -0.39 is 0 Å². The van der Waals surface area contributed by atoms with Gasteiger partial charge in [0.25, 0.3) is 0 Å². The van der Waals surface area contributed by atoms with E-state index in [-0.39, 0.29) is 0 Å². The third-order valence-corrected chi connectivity index (χ3v) is 1.67. The smallest absolute Gasteiger partial charge is 0.0680 e. The van der Waals surface area contributed by atoms with Crippen molar-refractivity contribution in [2.75, 3.05) is 19.6 Å². The van der Waals surface area contributed by atoms with Crippen LogP contribution in [0, 0.1) is 0 Å². The predicted octanol–water partition coefficient (Wildman–Crippen LogP) is 0.449. The molecule has 0 aromatic rings. The van der Waals surface area contributed by atoms with Crippen LogP contribution in [-0.2, 0) is 0 Å². The fourth-order valence-corrected chi connectivity index (χ4v) is 1.05. The average molecular weight is 216 g/mol. The summed E-state index contributed by atoms with van der Waals surface area (Å²) in [5.41, 5.74) is 1.04. The molecule has 7 heteroatoms. The van der Waals surface area contributed by atoms with Crippen molar-refractivity contribution < 1.29 is 15.6 Å². The summed E-state index contributed by atoms with van der Waals surface area (Å²) in [6.07, 6.45) is 1.30. The molecule has 7 nitrogen and oxygen atoms in total. The van der Waals surface area contributed by atoms with Gasteiger partial charge in [-0.1, -0.05) is 10.3 Å². The quantitative estimate of drug-likeness (QED) is 0.341. The summed E-state index contributed by atoms with van der Waals surface area (Å²) in [5, 5.41) is 34.2. The van der Waals surface area contributed by atoms with Crippen LogP contribution in [0.2, 0.25) is 0 Å². The molecule has 0 fully saturated rings. The summed E-state index contributed by atoms with van der Waals surface area (Å²) in [6.45, 7) is 4.49. The van der Waals surface area contributed by atoms with Gasteiger partial charge in [-0.3, -0.25) is 4.90 Å². The highest BCUT2D eigenvalue weighted by Crippen LogP contribution is 1.91. The van der Waals surface area contributed by atoms with Gasteiger partial charge in [-0.2, -0.15) is 0 Å². The second-order valence-corrected chi connectivity index (χ2v) is 3.14. The maximum atomic E-state index is 8.50. The molecule has 0 saturated heterocycles. The summed E-state index contributed by atoms with van der Waals surface area (Å²) >= 11 is 0. The van der Waals surface area contributed by atoms with Crippen LogP contribution < -0.4 is 0 Å². The van der Waals surface area contributed by atoms with Crippen molar-refractivity contribution in [3.8, 4) is 0 Å². The maximum Gasteiger partial charge on any atom is 0.0680 e. The van der Waals surface area contributed by atoms with Crippen molar-refractivity contribution in [3.05, 3.63) is 0 Å². The largest absolute Gasteiger partial charge is 0.411 e. The lowest BCUT2D eigenvalue weighted by Crippen LogP contribution is -2.34. The van der Waals surface area contributed by atoms with Crippen molar-refractivity contribution in [1.29, 1.82) is 0 Å². The minimum Gasteiger partial charge on any atom is -0.411 e. The topological polar surface area (TPSA) is 101 Å². The van der Waals surface area contributed by atoms with E-state index in [4.69, 9.17) is 15.6 Å². The lowest BCUT2D eigenvalue weighted by atomic mass is 10.3. The number of hydrogen-bond donors (Lipinski definition) is 3. The summed E-state index contributed by atoms with van der Waals surface area (Å²) in [7, 11) is 0. The predicted molar refractivity (Wildman–Crippen MR) is 56.5 cm³/mol. The first-order chi connectivity index (χ1) is 7.13. The monoisotopic (exact) mass is 216 g/mol. The zero-order chi connectivity index (χ0) is 11.7. The first-order valence-electron chi connectivity index (χ1n) is 4.37. The molecule has 0 aliphatic carbocycles. The van der Waals surface area contributed by atoms with Crippen LogP contribution in [0.15, 0.2) is 15.5 Å². The number of rotatable bonds is 6. The lowest BCUT2D eigenvalue weighted by Gasteiger charge is -2.18. The van der Waals surface area contributed by atoms with E-state index in [0.29, 0.717) is 31.1 Å². The van der Waals surface area contributed by atoms with E-state index >= 15 is 0 Å². The number of hydrogen-bond acceptors (Lipinski definition) is 7. The SMILES string of the molecule is C/C(CN(C/C=N/O)C/C(C)=N\O)=N/O. The van der Waals surface area contributed by atoms with Gasteiger partial charge < -0.3 is 15.6 Å². The zero-order valence-corrected chi connectivity index (χ0v) is 8.83. The Morgan fingerprint density at radius 3 is 1.87 bits per heavy atom. The summed E-state index contributed by atoms with van der Waals surface area (Å²) in [6, 6.07) is 0. The molecule has 0 unspecified atom stereocenters. The van der Waals surface area contributed by atoms with Crippen LogP contribution >= 0.6 is 0 Å². The van der Waals surface area contributed by atoms with Crippen LogP contribution in [0.4, 0.5) is 0 Å². The Bertz CT molecular complexity index is 243. The molecule has 0 aliphatic heterocycles. The second kappa shape index (κ2) is 7.74. The van der Waals surface area contributed by atoms with Gasteiger partial charge in [0, 0.05) is 19.6 Å². The molecular weight excluding hydrogens is 200 g/mol. The number of oxime groups is 3. The molecule has 0 atom stereocenters. The van der Waals surface area contributed by atoms with Crippen LogP contribution in [-0.4, -0.2) is 57.8 Å². The highest BCUT2D eigenvalue weighted by atomic mass is 16.4. The lowest BCUT2D eigenvalue weighted by molar-refractivity contribution is 0.302. The molecule has 0 aliphatic rings. The molecule has 0 spiro atoms. The fraction of sp³-hybridized carbons (Fsp3) is 0.625. The van der Waals surface area contributed by atoms with Crippen molar-refractivity contribution in [1.82, 2.24) is 4.90 Å². The molecule has 0 amide bonds. The molecule has 15 heavy (non-hydrogen) atoms. The Morgan fingerprint density at radius 1 is 1.07 bits per heavy atom. The molecular formula is C8H16N4O3. The molecule has 0 aromatic heterocycles. The summed E-state index contributed by atoms with van der Waals surface area (Å²) < 4.78 is 0. The molecule has 0 saturated carbocycles. The van der Waals surface area contributed by atoms with Crippen molar-refractivity contribution in [2.45, 2.75) is 13.8 Å². The Labute approximate surface area is 88.0 Å². The van der Waals surface area contributed by atoms with Gasteiger partial charge in [-0.05, 0) is 13.8 Å². The van der Waals surface area contributed by atoms with Crippen LogP contribution in [0.25, 0.3) is 0 Å². The zero-order valence-electron chi connectivity index (χ0n) is 8.83. The normalized spacial score (nSPS) is 14.1. The molecule has 0 bridgehead atoms. The molecule has 3 N–H and O–H groups in total. The van der Waals surface area contributed by atoms with E-state index in [1.54, 1.807) is 18.7 Å². The highest BCUT2D eigenvalue weighted by Gasteiger charge is 2.07. The molecule has 0 heterocycles. The van der Waals surface area contributed by atoms with E-state index in [1.165, 1.54) is 6.21 Å². The van der Waals surface area contributed by atoms with E-state index in [2.05, 4.69) is 15.5 Å². The van der Waals surface area contributed by atoms with Gasteiger partial charge in [0.05, 0.1) is 17.6 Å². The Morgan fingerprint density at radius 2 is 1.53 bits per heavy atom. The standard InChI is InChI=1S/C8H16N4O3/c1-7(10-14)5-12(4-3-9-13)6-8(2)11-15/h3,13-15H,4-6H2,1-2H3/b9-3+,10-7-,11-8-. The van der Waals surface area contributed by atoms with Gasteiger partial charge >= 0.3 is 0 Å². The minimum atomic E-state index is 0.371. The van der Waals surface area contributed by atoms with Crippen molar-refractivity contribution in [3.63, 3.8) is 0 Å². The van der Waals surface area contributed by atoms with Gasteiger partial charge in [0.2, 0.25) is 0 Å². The summed E-state index contributed by atoms with van der Waals surface area (Å²) in [4.78, 5) is 1.78. The molecule has 0 rings (SSSR count). The first kappa shape index (κ1) is 13.4. The fourth-order valence-electron chi connectivity index (χ4n) is 1.05. The third-order valence-electron chi connectivity index (χ3n) is 1.67. The van der Waals surface area contributed by atoms with Gasteiger partial charge in [0.15, 0.2) is 0 Å². The second-order valence-electron chi connectivity index (χ2n) is 3.14. The Kier molecular flexibility index (Phi) is 6.90. The third kappa shape index (κ3) is 6.44. The van der Waals surface area contributed by atoms with Gasteiger partial charge in [-0.15, -0.1) is 5.16 Å². The van der Waals surface area contributed by atoms with Crippen molar-refractivity contribution >= 4 is 17.6 Å². The molecule has 0 radical (unpaired) electrons. The van der Waals surface area contributed by atoms with Crippen LogP contribution in [0.1, 0.15) is 13.8 Å². The van der Waals surface area contributed by atoms with Gasteiger partial charge in [-0.25, -0.2) is 0 Å². The minimum absolute atomic E-state index is 0.371. The van der Waals surface area contributed by atoms with E-state index in [1.807, 2.05) is 0 Å². The average Bonchev–Trinajstić information content (AvgIpc) is 2.25. The first-order valence-corrected chi connectivity index (χ1v) is 4.37. The number of nitrogens with zero attached hydrogens (tertiary/aromatic N) is 4. The van der Waals surface area contributed by atoms with E-state index in [0.717, 1.165) is 0 Å². The van der Waals surface area contributed by atoms with E-state index in [9.17, 15) is 0 Å². The van der Waals surface area contributed by atoms with Gasteiger partial charge in [0.1, 0.15) is 0 Å². The molecule has 86 valence electrons. The molecule has 0 aromatic carbocycles. The highest BCUT2D eigenvalue weighted by molar-refractivity contribution is 5.86. The van der Waals surface area contributed by atoms with Crippen molar-refractivity contribution in [2.24, 2.45) is 15.5 Å².